The van der Waals surface area contributed by atoms with E-state index in [0.29, 0.717) is 11.3 Å². The highest BCUT2D eigenvalue weighted by atomic mass is 35.7. The number of tetrazole rings is 1. The summed E-state index contributed by atoms with van der Waals surface area (Å²) in [5, 5.41) is 13.4. The van der Waals surface area contributed by atoms with Crippen molar-refractivity contribution in [1.82, 2.24) is 30.6 Å². The summed E-state index contributed by atoms with van der Waals surface area (Å²) in [6.45, 7) is 1.81. The third-order valence-electron chi connectivity index (χ3n) is 3.12. The van der Waals surface area contributed by atoms with Crippen LogP contribution in [0.5, 0.6) is 0 Å². The van der Waals surface area contributed by atoms with E-state index in [-0.39, 0.29) is 22.2 Å². The van der Waals surface area contributed by atoms with E-state index in [1.165, 1.54) is 18.3 Å². The van der Waals surface area contributed by atoms with E-state index in [4.69, 9.17) is 16.4 Å². The second-order valence-corrected chi connectivity index (χ2v) is 7.21. The molecule has 11 heteroatoms. The van der Waals surface area contributed by atoms with E-state index >= 15 is 0 Å². The summed E-state index contributed by atoms with van der Waals surface area (Å²) in [7, 11) is 1.54. The summed E-state index contributed by atoms with van der Waals surface area (Å²) in [4.78, 5) is 8.39. The van der Waals surface area contributed by atoms with Crippen molar-refractivity contribution in [3.63, 3.8) is 0 Å². The van der Waals surface area contributed by atoms with Crippen molar-refractivity contribution in [2.75, 3.05) is 5.73 Å². The van der Waals surface area contributed by atoms with Crippen LogP contribution in [0.25, 0.3) is 22.8 Å². The quantitative estimate of drug-likeness (QED) is 0.669. The Hall–Kier alpha value is -2.59. The molecule has 3 rings (SSSR count). The number of benzene rings is 1. The van der Waals surface area contributed by atoms with Crippen molar-refractivity contribution in [2.24, 2.45) is 0 Å². The molecule has 0 aliphatic carbocycles. The maximum Gasteiger partial charge on any atom is 0.261 e. The van der Waals surface area contributed by atoms with Crippen LogP contribution in [0.3, 0.4) is 0 Å². The van der Waals surface area contributed by atoms with E-state index in [0.717, 1.165) is 5.56 Å². The van der Waals surface area contributed by atoms with Crippen LogP contribution in [0.1, 0.15) is 5.56 Å². The first kappa shape index (κ1) is 15.3. The molecule has 2 heterocycles. The van der Waals surface area contributed by atoms with Crippen LogP contribution in [0, 0.1) is 6.92 Å². The van der Waals surface area contributed by atoms with Crippen LogP contribution in [0.4, 0.5) is 5.82 Å². The fraction of sp³-hybridized carbons (Fsp3) is 0.0833. The van der Waals surface area contributed by atoms with Crippen LogP contribution in [-0.4, -0.2) is 39.0 Å². The van der Waals surface area contributed by atoms with E-state index < -0.39 is 9.05 Å². The summed E-state index contributed by atoms with van der Waals surface area (Å²) in [5.74, 6) is 0.324. The van der Waals surface area contributed by atoms with Gasteiger partial charge in [-0.2, -0.15) is 5.21 Å². The summed E-state index contributed by atoms with van der Waals surface area (Å²) in [6, 6.07) is 4.49. The number of hydrogen-bond acceptors (Lipinski definition) is 8. The van der Waals surface area contributed by atoms with E-state index in [1.807, 2.05) is 6.92 Å². The number of nitrogens with two attached hydrogens (primary N) is 1. The molecule has 0 fully saturated rings. The molecule has 0 radical (unpaired) electrons. The number of nitrogens with one attached hydrogen (secondary N) is 1. The molecular weight excluding hydrogens is 342 g/mol. The fourth-order valence-electron chi connectivity index (χ4n) is 1.98. The van der Waals surface area contributed by atoms with Gasteiger partial charge in [0, 0.05) is 16.2 Å². The van der Waals surface area contributed by atoms with Gasteiger partial charge in [-0.05, 0) is 29.8 Å². The number of nitrogens with zero attached hydrogens (tertiary/aromatic N) is 5. The van der Waals surface area contributed by atoms with Crippen molar-refractivity contribution in [3.8, 4) is 22.8 Å². The zero-order valence-corrected chi connectivity index (χ0v) is 13.3. The van der Waals surface area contributed by atoms with Gasteiger partial charge in [0.25, 0.3) is 9.05 Å². The topological polar surface area (TPSA) is 140 Å². The lowest BCUT2D eigenvalue weighted by Crippen LogP contribution is -2.01. The van der Waals surface area contributed by atoms with Gasteiger partial charge in [0.1, 0.15) is 0 Å². The Morgan fingerprint density at radius 1 is 1.30 bits per heavy atom. The number of halogens is 1. The van der Waals surface area contributed by atoms with Gasteiger partial charge in [-0.25, -0.2) is 18.4 Å². The van der Waals surface area contributed by atoms with Crippen molar-refractivity contribution in [1.29, 1.82) is 0 Å². The second-order valence-electron chi connectivity index (χ2n) is 4.64. The fourth-order valence-corrected chi connectivity index (χ4v) is 2.76. The summed E-state index contributed by atoms with van der Waals surface area (Å²) >= 11 is 0. The zero-order valence-electron chi connectivity index (χ0n) is 11.7. The number of H-pyrrole nitrogens is 1. The molecule has 0 bridgehead atoms. The molecule has 0 saturated heterocycles. The third-order valence-corrected chi connectivity index (χ3v) is 4.48. The maximum absolute atomic E-state index is 11.5. The SMILES string of the molecule is Cc1ccc(S(=O)(=O)Cl)cc1-c1cnc(N)c(-c2nn[nH]n2)n1. The molecule has 0 saturated carbocycles. The Labute approximate surface area is 135 Å². The number of aryl methyl sites for hydroxylation is 1. The molecule has 0 unspecified atom stereocenters. The highest BCUT2D eigenvalue weighted by Crippen LogP contribution is 2.28. The molecule has 9 nitrogen and oxygen atoms in total. The van der Waals surface area contributed by atoms with Gasteiger partial charge >= 0.3 is 0 Å². The molecular formula is C12H10ClN7O2S. The monoisotopic (exact) mass is 351 g/mol. The summed E-state index contributed by atoms with van der Waals surface area (Å²) < 4.78 is 23.0. The Bertz CT molecular complexity index is 973. The molecule has 0 atom stereocenters. The van der Waals surface area contributed by atoms with Crippen LogP contribution in [0.2, 0.25) is 0 Å². The molecule has 3 N–H and O–H groups in total. The summed E-state index contributed by atoms with van der Waals surface area (Å²) in [5.41, 5.74) is 7.80. The normalized spacial score (nSPS) is 11.6. The highest BCUT2D eigenvalue weighted by molar-refractivity contribution is 8.13. The van der Waals surface area contributed by atoms with Crippen molar-refractivity contribution < 1.29 is 8.42 Å². The highest BCUT2D eigenvalue weighted by Gasteiger charge is 2.16. The number of aromatic nitrogens is 6. The lowest BCUT2D eigenvalue weighted by atomic mass is 10.1. The van der Waals surface area contributed by atoms with Crippen molar-refractivity contribution in [2.45, 2.75) is 11.8 Å². The number of hydrogen-bond donors (Lipinski definition) is 2. The number of anilines is 1. The average molecular weight is 352 g/mol. The number of aromatic amines is 1. The standard InChI is InChI=1S/C12H10ClN7O2S/c1-6-2-3-7(23(13,21)22)4-8(6)9-5-15-11(14)10(16-9)12-17-19-20-18-12/h2-5H,1H3,(H2,14,15)(H,17,18,19,20). The van der Waals surface area contributed by atoms with E-state index in [1.54, 1.807) is 6.07 Å². The largest absolute Gasteiger partial charge is 0.382 e. The Morgan fingerprint density at radius 2 is 2.09 bits per heavy atom. The molecule has 2 aromatic heterocycles. The van der Waals surface area contributed by atoms with Gasteiger partial charge in [0.2, 0.25) is 5.82 Å². The molecule has 0 spiro atoms. The Kier molecular flexibility index (Phi) is 3.70. The lowest BCUT2D eigenvalue weighted by Gasteiger charge is -2.08. The minimum atomic E-state index is -3.85. The van der Waals surface area contributed by atoms with E-state index in [9.17, 15) is 8.42 Å². The van der Waals surface area contributed by atoms with Crippen LogP contribution >= 0.6 is 10.7 Å². The van der Waals surface area contributed by atoms with Crippen molar-refractivity contribution >= 4 is 25.6 Å². The van der Waals surface area contributed by atoms with Gasteiger partial charge in [-0.15, -0.1) is 10.2 Å². The third kappa shape index (κ3) is 2.98. The predicted molar refractivity (Wildman–Crippen MR) is 82.8 cm³/mol. The predicted octanol–water partition coefficient (Wildman–Crippen LogP) is 1.14. The summed E-state index contributed by atoms with van der Waals surface area (Å²) in [6.07, 6.45) is 1.44. The number of nitrogen functional groups attached to an aromatic ring is 1. The zero-order chi connectivity index (χ0) is 16.6. The van der Waals surface area contributed by atoms with Gasteiger partial charge in [0.05, 0.1) is 16.8 Å². The molecule has 0 amide bonds. The number of rotatable bonds is 3. The first-order chi connectivity index (χ1) is 10.9. The first-order valence-corrected chi connectivity index (χ1v) is 8.59. The Morgan fingerprint density at radius 3 is 2.74 bits per heavy atom. The van der Waals surface area contributed by atoms with Crippen LogP contribution in [0.15, 0.2) is 29.3 Å². The first-order valence-electron chi connectivity index (χ1n) is 6.28. The smallest absolute Gasteiger partial charge is 0.261 e. The van der Waals surface area contributed by atoms with E-state index in [2.05, 4.69) is 30.6 Å². The van der Waals surface area contributed by atoms with Gasteiger partial charge in [-0.1, -0.05) is 6.07 Å². The molecule has 0 aliphatic heterocycles. The Balaban J connectivity index is 2.18. The second kappa shape index (κ2) is 5.56. The molecule has 3 aromatic rings. The van der Waals surface area contributed by atoms with Gasteiger partial charge in [-0.3, -0.25) is 0 Å². The van der Waals surface area contributed by atoms with Gasteiger partial charge in [0.15, 0.2) is 11.5 Å². The molecule has 1 aromatic carbocycles. The van der Waals surface area contributed by atoms with Crippen molar-refractivity contribution in [3.05, 3.63) is 30.0 Å². The molecule has 118 valence electrons. The van der Waals surface area contributed by atoms with Gasteiger partial charge < -0.3 is 5.73 Å². The lowest BCUT2D eigenvalue weighted by molar-refractivity contribution is 0.609. The molecule has 0 aliphatic rings. The minimum absolute atomic E-state index is 0.0282. The minimum Gasteiger partial charge on any atom is -0.382 e. The average Bonchev–Trinajstić information content (AvgIpc) is 3.01. The molecule has 23 heavy (non-hydrogen) atoms. The van der Waals surface area contributed by atoms with Crippen LogP contribution < -0.4 is 5.73 Å². The van der Waals surface area contributed by atoms with Crippen LogP contribution in [-0.2, 0) is 9.05 Å². The maximum atomic E-state index is 11.5.